The fourth-order valence-electron chi connectivity index (χ4n) is 1.66. The van der Waals surface area contributed by atoms with Gasteiger partial charge in [0.05, 0.1) is 12.5 Å². The molecule has 1 amide bonds. The zero-order valence-electron chi connectivity index (χ0n) is 9.97. The van der Waals surface area contributed by atoms with Gasteiger partial charge in [-0.25, -0.2) is 0 Å². The Bertz CT molecular complexity index is 604. The fourth-order valence-corrected chi connectivity index (χ4v) is 2.78. The van der Waals surface area contributed by atoms with Gasteiger partial charge in [-0.3, -0.25) is 4.79 Å². The summed E-state index contributed by atoms with van der Waals surface area (Å²) in [6, 6.07) is 12.7. The van der Waals surface area contributed by atoms with E-state index in [1.165, 1.54) is 11.3 Å². The van der Waals surface area contributed by atoms with Gasteiger partial charge in [0.1, 0.15) is 6.04 Å². The molecule has 1 heterocycles. The number of hydrogen-bond acceptors (Lipinski definition) is 3. The standard InChI is InChI=1S/C14H11BrN2OS/c15-11-4-1-3-10(7-11)13(9-16)17-14(18)8-12-5-2-6-19-12/h1-7,13H,8H2,(H,17,18)/t13-/m1/s1. The lowest BCUT2D eigenvalue weighted by molar-refractivity contribution is -0.120. The van der Waals surface area contributed by atoms with Gasteiger partial charge in [0.25, 0.3) is 0 Å². The highest BCUT2D eigenvalue weighted by Gasteiger charge is 2.14. The van der Waals surface area contributed by atoms with Gasteiger partial charge in [0.15, 0.2) is 0 Å². The number of rotatable bonds is 4. The minimum absolute atomic E-state index is 0.144. The first-order chi connectivity index (χ1) is 9.19. The number of carbonyl (C=O) groups excluding carboxylic acids is 1. The average molecular weight is 335 g/mol. The molecule has 0 saturated carbocycles. The van der Waals surface area contributed by atoms with Crippen LogP contribution < -0.4 is 5.32 Å². The van der Waals surface area contributed by atoms with Crippen molar-refractivity contribution < 1.29 is 4.79 Å². The van der Waals surface area contributed by atoms with Crippen molar-refractivity contribution in [2.75, 3.05) is 0 Å². The van der Waals surface area contributed by atoms with E-state index >= 15 is 0 Å². The smallest absolute Gasteiger partial charge is 0.226 e. The molecule has 0 unspecified atom stereocenters. The first-order valence-corrected chi connectivity index (χ1v) is 7.33. The van der Waals surface area contributed by atoms with Crippen molar-refractivity contribution in [3.8, 4) is 6.07 Å². The molecule has 0 spiro atoms. The van der Waals surface area contributed by atoms with Crippen molar-refractivity contribution in [3.63, 3.8) is 0 Å². The van der Waals surface area contributed by atoms with E-state index in [2.05, 4.69) is 27.3 Å². The molecule has 0 bridgehead atoms. The van der Waals surface area contributed by atoms with Crippen LogP contribution in [0.4, 0.5) is 0 Å². The molecule has 0 saturated heterocycles. The summed E-state index contributed by atoms with van der Waals surface area (Å²) in [5, 5.41) is 13.8. The third kappa shape index (κ3) is 3.91. The van der Waals surface area contributed by atoms with Gasteiger partial charge in [0.2, 0.25) is 5.91 Å². The maximum absolute atomic E-state index is 11.9. The van der Waals surface area contributed by atoms with E-state index in [9.17, 15) is 4.79 Å². The summed E-state index contributed by atoms with van der Waals surface area (Å²) >= 11 is 4.89. The van der Waals surface area contributed by atoms with E-state index in [-0.39, 0.29) is 5.91 Å². The molecule has 5 heteroatoms. The normalized spacial score (nSPS) is 11.6. The number of nitrogens with zero attached hydrogens (tertiary/aromatic N) is 1. The second kappa shape index (κ2) is 6.50. The number of nitriles is 1. The van der Waals surface area contributed by atoms with Gasteiger partial charge >= 0.3 is 0 Å². The molecule has 0 aliphatic carbocycles. The van der Waals surface area contributed by atoms with Crippen LogP contribution in [-0.2, 0) is 11.2 Å². The molecule has 96 valence electrons. The number of hydrogen-bond donors (Lipinski definition) is 1. The summed E-state index contributed by atoms with van der Waals surface area (Å²) in [5.74, 6) is -0.144. The predicted molar refractivity (Wildman–Crippen MR) is 78.7 cm³/mol. The number of halogens is 1. The molecule has 1 aromatic carbocycles. The number of carbonyl (C=O) groups is 1. The van der Waals surface area contributed by atoms with Crippen molar-refractivity contribution >= 4 is 33.2 Å². The highest BCUT2D eigenvalue weighted by molar-refractivity contribution is 9.10. The van der Waals surface area contributed by atoms with Gasteiger partial charge in [-0.1, -0.05) is 34.1 Å². The molecule has 0 aliphatic heterocycles. The minimum Gasteiger partial charge on any atom is -0.336 e. The Morgan fingerprint density at radius 1 is 1.42 bits per heavy atom. The van der Waals surface area contributed by atoms with Crippen LogP contribution >= 0.6 is 27.3 Å². The predicted octanol–water partition coefficient (Wildman–Crippen LogP) is 3.43. The Balaban J connectivity index is 2.03. The lowest BCUT2D eigenvalue weighted by Gasteiger charge is -2.11. The zero-order chi connectivity index (χ0) is 13.7. The second-order valence-electron chi connectivity index (χ2n) is 3.94. The zero-order valence-corrected chi connectivity index (χ0v) is 12.4. The van der Waals surface area contributed by atoms with Crippen LogP contribution in [0.2, 0.25) is 0 Å². The van der Waals surface area contributed by atoms with Crippen molar-refractivity contribution in [2.24, 2.45) is 0 Å². The van der Waals surface area contributed by atoms with Crippen molar-refractivity contribution in [1.82, 2.24) is 5.32 Å². The first kappa shape index (κ1) is 13.8. The molecule has 1 aromatic heterocycles. The number of benzene rings is 1. The van der Waals surface area contributed by atoms with E-state index in [1.54, 1.807) is 0 Å². The van der Waals surface area contributed by atoms with Crippen molar-refractivity contribution in [3.05, 3.63) is 56.7 Å². The number of thiophene rings is 1. The van der Waals surface area contributed by atoms with Gasteiger partial charge in [-0.05, 0) is 29.1 Å². The molecule has 2 rings (SSSR count). The maximum Gasteiger partial charge on any atom is 0.226 e. The second-order valence-corrected chi connectivity index (χ2v) is 5.89. The summed E-state index contributed by atoms with van der Waals surface area (Å²) in [7, 11) is 0. The largest absolute Gasteiger partial charge is 0.336 e. The summed E-state index contributed by atoms with van der Waals surface area (Å²) in [4.78, 5) is 12.9. The summed E-state index contributed by atoms with van der Waals surface area (Å²) in [6.45, 7) is 0. The van der Waals surface area contributed by atoms with Crippen LogP contribution in [0.25, 0.3) is 0 Å². The molecule has 2 aromatic rings. The Morgan fingerprint density at radius 3 is 2.89 bits per heavy atom. The van der Waals surface area contributed by atoms with Crippen LogP contribution in [0.15, 0.2) is 46.3 Å². The van der Waals surface area contributed by atoms with Crippen molar-refractivity contribution in [1.29, 1.82) is 5.26 Å². The number of nitrogens with one attached hydrogen (secondary N) is 1. The van der Waals surface area contributed by atoms with Crippen molar-refractivity contribution in [2.45, 2.75) is 12.5 Å². The van der Waals surface area contributed by atoms with Gasteiger partial charge < -0.3 is 5.32 Å². The van der Waals surface area contributed by atoms with E-state index in [0.29, 0.717) is 6.42 Å². The van der Waals surface area contributed by atoms with Crippen LogP contribution in [0, 0.1) is 11.3 Å². The van der Waals surface area contributed by atoms with Gasteiger partial charge in [-0.15, -0.1) is 11.3 Å². The maximum atomic E-state index is 11.9. The summed E-state index contributed by atoms with van der Waals surface area (Å²) < 4.78 is 0.887. The molecule has 1 atom stereocenters. The fraction of sp³-hybridized carbons (Fsp3) is 0.143. The Kier molecular flexibility index (Phi) is 4.72. The van der Waals surface area contributed by atoms with E-state index in [1.807, 2.05) is 41.8 Å². The van der Waals surface area contributed by atoms with Gasteiger partial charge in [0, 0.05) is 9.35 Å². The van der Waals surface area contributed by atoms with Crippen LogP contribution in [-0.4, -0.2) is 5.91 Å². The third-order valence-corrected chi connectivity index (χ3v) is 3.90. The Hall–Kier alpha value is -1.64. The summed E-state index contributed by atoms with van der Waals surface area (Å²) in [6.07, 6.45) is 0.309. The molecule has 0 aliphatic rings. The minimum atomic E-state index is -0.620. The topological polar surface area (TPSA) is 52.9 Å². The average Bonchev–Trinajstić information content (AvgIpc) is 2.88. The summed E-state index contributed by atoms with van der Waals surface area (Å²) in [5.41, 5.74) is 0.774. The quantitative estimate of drug-likeness (QED) is 0.931. The highest BCUT2D eigenvalue weighted by Crippen LogP contribution is 2.18. The van der Waals surface area contributed by atoms with E-state index in [4.69, 9.17) is 5.26 Å². The molecule has 0 radical (unpaired) electrons. The number of amides is 1. The highest BCUT2D eigenvalue weighted by atomic mass is 79.9. The lowest BCUT2D eigenvalue weighted by Crippen LogP contribution is -2.28. The molecule has 19 heavy (non-hydrogen) atoms. The molecule has 0 fully saturated rings. The molecular weight excluding hydrogens is 324 g/mol. The Labute approximate surface area is 124 Å². The molecular formula is C14H11BrN2OS. The van der Waals surface area contributed by atoms with Gasteiger partial charge in [-0.2, -0.15) is 5.26 Å². The molecule has 3 nitrogen and oxygen atoms in total. The molecule has 1 N–H and O–H groups in total. The third-order valence-electron chi connectivity index (χ3n) is 2.53. The van der Waals surface area contributed by atoms with E-state index < -0.39 is 6.04 Å². The van der Waals surface area contributed by atoms with E-state index in [0.717, 1.165) is 14.9 Å². The monoisotopic (exact) mass is 334 g/mol. The van der Waals surface area contributed by atoms with Crippen LogP contribution in [0.1, 0.15) is 16.5 Å². The van der Waals surface area contributed by atoms with Crippen LogP contribution in [0.5, 0.6) is 0 Å². The SMILES string of the molecule is N#C[C@@H](NC(=O)Cc1cccs1)c1cccc(Br)c1. The lowest BCUT2D eigenvalue weighted by atomic mass is 10.1. The first-order valence-electron chi connectivity index (χ1n) is 5.66. The van der Waals surface area contributed by atoms with Crippen LogP contribution in [0.3, 0.4) is 0 Å². The Morgan fingerprint density at radius 2 is 2.26 bits per heavy atom.